The first-order valence-corrected chi connectivity index (χ1v) is 11.3. The highest BCUT2D eigenvalue weighted by atomic mass is 32.1. The van der Waals surface area contributed by atoms with Crippen LogP contribution in [0.4, 0.5) is 0 Å². The summed E-state index contributed by atoms with van der Waals surface area (Å²) in [5, 5.41) is 5.06. The van der Waals surface area contributed by atoms with E-state index in [-0.39, 0.29) is 17.9 Å². The highest BCUT2D eigenvalue weighted by Gasteiger charge is 2.42. The number of likely N-dealkylation sites (N-methyl/N-ethyl adjacent to an activating group) is 1. The van der Waals surface area contributed by atoms with E-state index in [9.17, 15) is 9.59 Å². The summed E-state index contributed by atoms with van der Waals surface area (Å²) < 4.78 is 10.8. The number of methoxy groups -OCH3 is 2. The summed E-state index contributed by atoms with van der Waals surface area (Å²) in [4.78, 5) is 29.2. The van der Waals surface area contributed by atoms with Crippen molar-refractivity contribution in [2.75, 3.05) is 27.8 Å². The second kappa shape index (κ2) is 9.44. The molecule has 6 nitrogen and oxygen atoms in total. The Morgan fingerprint density at radius 2 is 1.91 bits per heavy atom. The Bertz CT molecular complexity index is 1110. The number of nitrogens with one attached hydrogen (secondary N) is 1. The van der Waals surface area contributed by atoms with Crippen LogP contribution in [0.3, 0.4) is 0 Å². The van der Waals surface area contributed by atoms with Crippen LogP contribution in [0.2, 0.25) is 0 Å². The Hall–Kier alpha value is -3.32. The number of benzene rings is 2. The number of ether oxygens (including phenoxy) is 2. The topological polar surface area (TPSA) is 67.9 Å². The zero-order valence-corrected chi connectivity index (χ0v) is 19.1. The standard InChI is InChI=1S/C25H26N2O4S/c1-27-23(21-9-6-14-32-21)22(18-7-4-5-8-19(18)25(27)29)24(28)26-13-12-16-15-17(30-2)10-11-20(16)31-3/h4-11,14-15,22-23H,12-13H2,1-3H3,(H,26,28)/t22-,23-/m0/s1. The van der Waals surface area contributed by atoms with Crippen molar-refractivity contribution in [3.05, 3.63) is 81.5 Å². The SMILES string of the molecule is COc1ccc(OC)c(CCNC(=O)[C@H]2c3ccccc3C(=O)N(C)[C@H]2c2cccs2)c1. The Balaban J connectivity index is 1.58. The lowest BCUT2D eigenvalue weighted by molar-refractivity contribution is -0.124. The van der Waals surface area contributed by atoms with Gasteiger partial charge in [0.15, 0.2) is 0 Å². The van der Waals surface area contributed by atoms with E-state index in [0.29, 0.717) is 18.5 Å². The predicted molar refractivity (Wildman–Crippen MR) is 125 cm³/mol. The summed E-state index contributed by atoms with van der Waals surface area (Å²) in [7, 11) is 5.02. The van der Waals surface area contributed by atoms with Crippen LogP contribution in [-0.4, -0.2) is 44.5 Å². The number of nitrogens with zero attached hydrogens (tertiary/aromatic N) is 1. The lowest BCUT2D eigenvalue weighted by Crippen LogP contribution is -2.45. The van der Waals surface area contributed by atoms with E-state index in [4.69, 9.17) is 9.47 Å². The highest BCUT2D eigenvalue weighted by Crippen LogP contribution is 2.43. The zero-order valence-electron chi connectivity index (χ0n) is 18.3. The molecule has 1 aliphatic heterocycles. The van der Waals surface area contributed by atoms with Crippen molar-refractivity contribution in [3.63, 3.8) is 0 Å². The molecule has 0 radical (unpaired) electrons. The minimum atomic E-state index is -0.486. The first-order valence-electron chi connectivity index (χ1n) is 10.4. The normalized spacial score (nSPS) is 17.6. The number of thiophene rings is 1. The van der Waals surface area contributed by atoms with Crippen LogP contribution in [0.15, 0.2) is 60.0 Å². The third-order valence-corrected chi connectivity index (χ3v) is 6.82. The largest absolute Gasteiger partial charge is 0.497 e. The molecule has 0 unspecified atom stereocenters. The van der Waals surface area contributed by atoms with Gasteiger partial charge in [-0.2, -0.15) is 0 Å². The van der Waals surface area contributed by atoms with Gasteiger partial charge in [0.2, 0.25) is 5.91 Å². The molecule has 0 aliphatic carbocycles. The second-order valence-electron chi connectivity index (χ2n) is 7.66. The van der Waals surface area contributed by atoms with Crippen molar-refractivity contribution in [3.8, 4) is 11.5 Å². The number of hydrogen-bond donors (Lipinski definition) is 1. The summed E-state index contributed by atoms with van der Waals surface area (Å²) in [6, 6.07) is 16.6. The minimum absolute atomic E-state index is 0.0656. The lowest BCUT2D eigenvalue weighted by atomic mass is 9.81. The van der Waals surface area contributed by atoms with Crippen molar-refractivity contribution < 1.29 is 19.1 Å². The van der Waals surface area contributed by atoms with Gasteiger partial charge in [-0.05, 0) is 53.3 Å². The molecule has 7 heteroatoms. The number of rotatable bonds is 7. The average molecular weight is 451 g/mol. The number of hydrogen-bond acceptors (Lipinski definition) is 5. The van der Waals surface area contributed by atoms with Crippen molar-refractivity contribution in [1.82, 2.24) is 10.2 Å². The van der Waals surface area contributed by atoms with E-state index in [0.717, 1.165) is 27.5 Å². The molecule has 2 amide bonds. The molecule has 0 saturated carbocycles. The molecule has 2 aromatic carbocycles. The van der Waals surface area contributed by atoms with Gasteiger partial charge in [-0.1, -0.05) is 24.3 Å². The first kappa shape index (κ1) is 21.9. The number of carbonyl (C=O) groups excluding carboxylic acids is 2. The molecule has 3 aromatic rings. The Morgan fingerprint density at radius 1 is 1.09 bits per heavy atom. The van der Waals surface area contributed by atoms with Crippen LogP contribution < -0.4 is 14.8 Å². The molecule has 1 N–H and O–H groups in total. The number of carbonyl (C=O) groups is 2. The minimum Gasteiger partial charge on any atom is -0.497 e. The fourth-order valence-corrected chi connectivity index (χ4v) is 5.18. The molecule has 0 saturated heterocycles. The maximum absolute atomic E-state index is 13.5. The fraction of sp³-hybridized carbons (Fsp3) is 0.280. The van der Waals surface area contributed by atoms with E-state index in [1.807, 2.05) is 53.9 Å². The Morgan fingerprint density at radius 3 is 2.62 bits per heavy atom. The molecule has 4 rings (SSSR count). The first-order chi connectivity index (χ1) is 15.5. The van der Waals surface area contributed by atoms with E-state index in [2.05, 4.69) is 5.32 Å². The fourth-order valence-electron chi connectivity index (χ4n) is 4.28. The third kappa shape index (κ3) is 4.08. The summed E-state index contributed by atoms with van der Waals surface area (Å²) in [6.45, 7) is 0.440. The average Bonchev–Trinajstić information content (AvgIpc) is 3.35. The smallest absolute Gasteiger partial charge is 0.254 e. The molecule has 0 spiro atoms. The lowest BCUT2D eigenvalue weighted by Gasteiger charge is -2.39. The van der Waals surface area contributed by atoms with Crippen molar-refractivity contribution in [1.29, 1.82) is 0 Å². The van der Waals surface area contributed by atoms with E-state index in [1.54, 1.807) is 43.6 Å². The zero-order chi connectivity index (χ0) is 22.7. The van der Waals surface area contributed by atoms with Gasteiger partial charge in [-0.3, -0.25) is 9.59 Å². The maximum Gasteiger partial charge on any atom is 0.254 e. The Labute approximate surface area is 191 Å². The number of amides is 2. The van der Waals surface area contributed by atoms with Crippen LogP contribution in [0.25, 0.3) is 0 Å². The monoisotopic (exact) mass is 450 g/mol. The summed E-state index contributed by atoms with van der Waals surface area (Å²) in [5.41, 5.74) is 2.31. The molecule has 0 bridgehead atoms. The van der Waals surface area contributed by atoms with Gasteiger partial charge in [-0.15, -0.1) is 11.3 Å². The van der Waals surface area contributed by atoms with Gasteiger partial charge in [0.05, 0.1) is 26.2 Å². The second-order valence-corrected chi connectivity index (χ2v) is 8.64. The summed E-state index contributed by atoms with van der Waals surface area (Å²) in [5.74, 6) is 0.845. The predicted octanol–water partition coefficient (Wildman–Crippen LogP) is 4.03. The molecule has 1 aromatic heterocycles. The maximum atomic E-state index is 13.5. The molecule has 2 atom stereocenters. The molecule has 32 heavy (non-hydrogen) atoms. The van der Waals surface area contributed by atoms with Crippen LogP contribution in [-0.2, 0) is 11.2 Å². The van der Waals surface area contributed by atoms with Gasteiger partial charge in [0.1, 0.15) is 11.5 Å². The van der Waals surface area contributed by atoms with Crippen LogP contribution in [0.5, 0.6) is 11.5 Å². The van der Waals surface area contributed by atoms with Gasteiger partial charge in [0.25, 0.3) is 5.91 Å². The van der Waals surface area contributed by atoms with Crippen LogP contribution >= 0.6 is 11.3 Å². The van der Waals surface area contributed by atoms with Crippen molar-refractivity contribution in [2.45, 2.75) is 18.4 Å². The van der Waals surface area contributed by atoms with Gasteiger partial charge < -0.3 is 19.7 Å². The third-order valence-electron chi connectivity index (χ3n) is 5.88. The number of fused-ring (bicyclic) bond motifs is 1. The highest BCUT2D eigenvalue weighted by molar-refractivity contribution is 7.10. The Kier molecular flexibility index (Phi) is 6.46. The summed E-state index contributed by atoms with van der Waals surface area (Å²) in [6.07, 6.45) is 0.596. The van der Waals surface area contributed by atoms with E-state index < -0.39 is 5.92 Å². The van der Waals surface area contributed by atoms with Crippen molar-refractivity contribution in [2.24, 2.45) is 0 Å². The van der Waals surface area contributed by atoms with Crippen molar-refractivity contribution >= 4 is 23.2 Å². The molecular formula is C25H26N2O4S. The quantitative estimate of drug-likeness (QED) is 0.590. The van der Waals surface area contributed by atoms with Crippen LogP contribution in [0, 0.1) is 0 Å². The van der Waals surface area contributed by atoms with Gasteiger partial charge in [0, 0.05) is 24.0 Å². The molecular weight excluding hydrogens is 424 g/mol. The van der Waals surface area contributed by atoms with Gasteiger partial charge in [-0.25, -0.2) is 0 Å². The van der Waals surface area contributed by atoms with E-state index >= 15 is 0 Å². The molecule has 0 fully saturated rings. The summed E-state index contributed by atoms with van der Waals surface area (Å²) >= 11 is 1.56. The van der Waals surface area contributed by atoms with Gasteiger partial charge >= 0.3 is 0 Å². The molecule has 2 heterocycles. The van der Waals surface area contributed by atoms with Crippen LogP contribution in [0.1, 0.15) is 38.3 Å². The molecule has 166 valence electrons. The molecule has 1 aliphatic rings. The van der Waals surface area contributed by atoms with E-state index in [1.165, 1.54) is 0 Å².